The summed E-state index contributed by atoms with van der Waals surface area (Å²) in [7, 11) is 0. The summed E-state index contributed by atoms with van der Waals surface area (Å²) in [5.74, 6) is -0.645. The van der Waals surface area contributed by atoms with Crippen molar-refractivity contribution in [2.45, 2.75) is 33.2 Å². The molecular weight excluding hydrogens is 246 g/mol. The molecule has 0 saturated carbocycles. The zero-order valence-electron chi connectivity index (χ0n) is 11.4. The number of hydrogen-bond donors (Lipinski definition) is 2. The Morgan fingerprint density at radius 1 is 1.37 bits per heavy atom. The maximum Gasteiger partial charge on any atom is 0.325 e. The fourth-order valence-electron chi connectivity index (χ4n) is 1.59. The second-order valence-electron chi connectivity index (χ2n) is 4.49. The number of benzene rings is 1. The van der Waals surface area contributed by atoms with Crippen LogP contribution in [0.2, 0.25) is 0 Å². The summed E-state index contributed by atoms with van der Waals surface area (Å²) < 4.78 is 5.50. The van der Waals surface area contributed by atoms with E-state index < -0.39 is 12.0 Å². The van der Waals surface area contributed by atoms with E-state index >= 15 is 0 Å². The molecule has 1 unspecified atom stereocenters. The normalized spacial score (nSPS) is 11.7. The summed E-state index contributed by atoms with van der Waals surface area (Å²) in [6.45, 7) is 5.58. The molecule has 5 nitrogen and oxygen atoms in total. The van der Waals surface area contributed by atoms with E-state index in [1.54, 1.807) is 0 Å². The third-order valence-corrected chi connectivity index (χ3v) is 2.67. The molecule has 1 rings (SSSR count). The first-order chi connectivity index (χ1) is 8.90. The van der Waals surface area contributed by atoms with Gasteiger partial charge in [0.15, 0.2) is 0 Å². The Bertz CT molecular complexity index is 471. The maximum atomic E-state index is 11.4. The average molecular weight is 265 g/mol. The van der Waals surface area contributed by atoms with Gasteiger partial charge in [-0.25, -0.2) is 0 Å². The molecule has 0 aliphatic heterocycles. The molecule has 1 aromatic rings. The topological polar surface area (TPSA) is 75.6 Å². The van der Waals surface area contributed by atoms with Gasteiger partial charge < -0.3 is 15.2 Å². The number of hydrogen-bond acceptors (Lipinski definition) is 3. The molecule has 0 fully saturated rings. The van der Waals surface area contributed by atoms with Gasteiger partial charge in [0.05, 0.1) is 13.0 Å². The zero-order valence-corrected chi connectivity index (χ0v) is 11.4. The molecule has 1 aromatic carbocycles. The number of amides is 1. The first-order valence-electron chi connectivity index (χ1n) is 6.12. The standard InChI is InChI=1S/C14H19NO4/c1-9-4-5-12(10(2)8-9)19-7-6-13(16)15-11(3)14(17)18/h4-5,8,11H,6-7H2,1-3H3,(H,15,16)(H,17,18). The maximum absolute atomic E-state index is 11.4. The highest BCUT2D eigenvalue weighted by atomic mass is 16.5. The molecule has 5 heteroatoms. The van der Waals surface area contributed by atoms with Crippen LogP contribution in [0.1, 0.15) is 24.5 Å². The second-order valence-corrected chi connectivity index (χ2v) is 4.49. The van der Waals surface area contributed by atoms with Crippen molar-refractivity contribution >= 4 is 11.9 Å². The molecule has 0 aromatic heterocycles. The second kappa shape index (κ2) is 6.78. The highest BCUT2D eigenvalue weighted by Crippen LogP contribution is 2.18. The quantitative estimate of drug-likeness (QED) is 0.820. The lowest BCUT2D eigenvalue weighted by Crippen LogP contribution is -2.38. The van der Waals surface area contributed by atoms with Gasteiger partial charge in [0.25, 0.3) is 0 Å². The number of carboxylic acid groups (broad SMARTS) is 1. The molecule has 0 aliphatic rings. The number of carbonyl (C=O) groups excluding carboxylic acids is 1. The smallest absolute Gasteiger partial charge is 0.325 e. The lowest BCUT2D eigenvalue weighted by Gasteiger charge is -2.11. The van der Waals surface area contributed by atoms with Gasteiger partial charge in [-0.3, -0.25) is 9.59 Å². The van der Waals surface area contributed by atoms with Gasteiger partial charge in [0.1, 0.15) is 11.8 Å². The van der Waals surface area contributed by atoms with E-state index in [-0.39, 0.29) is 18.9 Å². The minimum Gasteiger partial charge on any atom is -0.493 e. The van der Waals surface area contributed by atoms with Crippen LogP contribution < -0.4 is 10.1 Å². The number of rotatable bonds is 6. The van der Waals surface area contributed by atoms with E-state index in [4.69, 9.17) is 9.84 Å². The van der Waals surface area contributed by atoms with Crippen molar-refractivity contribution in [3.05, 3.63) is 29.3 Å². The SMILES string of the molecule is Cc1ccc(OCCC(=O)NC(C)C(=O)O)c(C)c1. The van der Waals surface area contributed by atoms with Crippen LogP contribution in [-0.2, 0) is 9.59 Å². The van der Waals surface area contributed by atoms with E-state index in [0.717, 1.165) is 16.9 Å². The predicted molar refractivity (Wildman–Crippen MR) is 71.3 cm³/mol. The van der Waals surface area contributed by atoms with Gasteiger partial charge >= 0.3 is 5.97 Å². The van der Waals surface area contributed by atoms with Crippen molar-refractivity contribution in [1.82, 2.24) is 5.32 Å². The fraction of sp³-hybridized carbons (Fsp3) is 0.429. The highest BCUT2D eigenvalue weighted by Gasteiger charge is 2.13. The van der Waals surface area contributed by atoms with Crippen LogP contribution in [0.4, 0.5) is 0 Å². The summed E-state index contributed by atoms with van der Waals surface area (Å²) in [6.07, 6.45) is 0.130. The lowest BCUT2D eigenvalue weighted by atomic mass is 10.1. The number of aliphatic carboxylic acids is 1. The van der Waals surface area contributed by atoms with Crippen LogP contribution in [0.3, 0.4) is 0 Å². The van der Waals surface area contributed by atoms with Crippen LogP contribution in [0, 0.1) is 13.8 Å². The molecule has 1 atom stereocenters. The predicted octanol–water partition coefficient (Wildman–Crippen LogP) is 1.66. The van der Waals surface area contributed by atoms with Crippen LogP contribution in [-0.4, -0.2) is 29.6 Å². The monoisotopic (exact) mass is 265 g/mol. The summed E-state index contributed by atoms with van der Waals surface area (Å²) in [4.78, 5) is 22.0. The molecule has 1 amide bonds. The van der Waals surface area contributed by atoms with Crippen molar-refractivity contribution < 1.29 is 19.4 Å². The van der Waals surface area contributed by atoms with E-state index in [9.17, 15) is 9.59 Å². The van der Waals surface area contributed by atoms with Gasteiger partial charge in [-0.15, -0.1) is 0 Å². The van der Waals surface area contributed by atoms with Crippen LogP contribution in [0.15, 0.2) is 18.2 Å². The number of ether oxygens (including phenoxy) is 1. The lowest BCUT2D eigenvalue weighted by molar-refractivity contribution is -0.141. The highest BCUT2D eigenvalue weighted by molar-refractivity contribution is 5.83. The number of carboxylic acids is 1. The van der Waals surface area contributed by atoms with Crippen LogP contribution in [0.25, 0.3) is 0 Å². The molecule has 2 N–H and O–H groups in total. The average Bonchev–Trinajstić information content (AvgIpc) is 2.31. The number of aryl methyl sites for hydroxylation is 2. The molecule has 0 saturated heterocycles. The first kappa shape index (κ1) is 15.0. The summed E-state index contributed by atoms with van der Waals surface area (Å²) in [5.41, 5.74) is 2.16. The zero-order chi connectivity index (χ0) is 14.4. The Morgan fingerprint density at radius 2 is 2.05 bits per heavy atom. The van der Waals surface area contributed by atoms with E-state index in [2.05, 4.69) is 5.32 Å². The molecule has 19 heavy (non-hydrogen) atoms. The van der Waals surface area contributed by atoms with Gasteiger partial charge in [0.2, 0.25) is 5.91 Å². The summed E-state index contributed by atoms with van der Waals surface area (Å²) in [6, 6.07) is 4.92. The van der Waals surface area contributed by atoms with Crippen molar-refractivity contribution in [2.24, 2.45) is 0 Å². The Kier molecular flexibility index (Phi) is 5.36. The van der Waals surface area contributed by atoms with E-state index in [1.807, 2.05) is 32.0 Å². The molecule has 0 radical (unpaired) electrons. The third kappa shape index (κ3) is 4.99. The van der Waals surface area contributed by atoms with E-state index in [1.165, 1.54) is 6.92 Å². The molecule has 0 aliphatic carbocycles. The molecular formula is C14H19NO4. The Balaban J connectivity index is 2.38. The Hall–Kier alpha value is -2.04. The molecule has 0 bridgehead atoms. The van der Waals surface area contributed by atoms with Crippen molar-refractivity contribution in [1.29, 1.82) is 0 Å². The van der Waals surface area contributed by atoms with Crippen LogP contribution in [0.5, 0.6) is 5.75 Å². The van der Waals surface area contributed by atoms with E-state index in [0.29, 0.717) is 0 Å². The number of carbonyl (C=O) groups is 2. The van der Waals surface area contributed by atoms with Crippen LogP contribution >= 0.6 is 0 Å². The van der Waals surface area contributed by atoms with Gasteiger partial charge in [-0.1, -0.05) is 17.7 Å². The molecule has 0 spiro atoms. The van der Waals surface area contributed by atoms with Crippen molar-refractivity contribution in [3.8, 4) is 5.75 Å². The molecule has 0 heterocycles. The van der Waals surface area contributed by atoms with Crippen molar-refractivity contribution in [2.75, 3.05) is 6.61 Å². The first-order valence-corrected chi connectivity index (χ1v) is 6.12. The Morgan fingerprint density at radius 3 is 2.63 bits per heavy atom. The van der Waals surface area contributed by atoms with Crippen molar-refractivity contribution in [3.63, 3.8) is 0 Å². The summed E-state index contributed by atoms with van der Waals surface area (Å²) >= 11 is 0. The largest absolute Gasteiger partial charge is 0.493 e. The Labute approximate surface area is 112 Å². The summed E-state index contributed by atoms with van der Waals surface area (Å²) in [5, 5.41) is 11.0. The van der Waals surface area contributed by atoms with Gasteiger partial charge in [-0.2, -0.15) is 0 Å². The number of nitrogens with one attached hydrogen (secondary N) is 1. The van der Waals surface area contributed by atoms with Gasteiger partial charge in [-0.05, 0) is 32.4 Å². The minimum absolute atomic E-state index is 0.130. The third-order valence-electron chi connectivity index (χ3n) is 2.67. The van der Waals surface area contributed by atoms with Gasteiger partial charge in [0, 0.05) is 0 Å². The molecule has 104 valence electrons. The fourth-order valence-corrected chi connectivity index (χ4v) is 1.59. The minimum atomic E-state index is -1.05.